The van der Waals surface area contributed by atoms with E-state index in [9.17, 15) is 0 Å². The first kappa shape index (κ1) is 10.7. The van der Waals surface area contributed by atoms with E-state index in [1.165, 1.54) is 0 Å². The van der Waals surface area contributed by atoms with Crippen molar-refractivity contribution in [3.05, 3.63) is 48.5 Å². The van der Waals surface area contributed by atoms with Crippen LogP contribution in [-0.2, 0) is 13.1 Å². The fourth-order valence-electron chi connectivity index (χ4n) is 1.52. The van der Waals surface area contributed by atoms with E-state index in [4.69, 9.17) is 5.73 Å². The Morgan fingerprint density at radius 3 is 2.81 bits per heavy atom. The molecule has 0 spiro atoms. The zero-order valence-electron chi connectivity index (χ0n) is 9.13. The summed E-state index contributed by atoms with van der Waals surface area (Å²) in [6.07, 6.45) is 3.83. The Hall–Kier alpha value is -1.81. The first-order valence-corrected chi connectivity index (χ1v) is 5.38. The van der Waals surface area contributed by atoms with E-state index >= 15 is 0 Å². The minimum Gasteiger partial charge on any atom is -0.379 e. The van der Waals surface area contributed by atoms with Crippen LogP contribution >= 0.6 is 0 Å². The van der Waals surface area contributed by atoms with Gasteiger partial charge < -0.3 is 15.6 Å². The number of nitrogens with two attached hydrogens (primary N) is 1. The van der Waals surface area contributed by atoms with Gasteiger partial charge in [0.2, 0.25) is 0 Å². The highest BCUT2D eigenvalue weighted by atomic mass is 15.0. The molecule has 0 aliphatic rings. The van der Waals surface area contributed by atoms with Crippen molar-refractivity contribution in [2.45, 2.75) is 13.1 Å². The van der Waals surface area contributed by atoms with E-state index < -0.39 is 0 Å². The molecule has 0 fully saturated rings. The van der Waals surface area contributed by atoms with E-state index in [2.05, 4.69) is 10.3 Å². The molecule has 0 saturated heterocycles. The number of hydrogen-bond donors (Lipinski definition) is 2. The maximum atomic E-state index is 5.47. The molecule has 16 heavy (non-hydrogen) atoms. The molecule has 2 aromatic rings. The molecule has 0 unspecified atom stereocenters. The van der Waals surface area contributed by atoms with Gasteiger partial charge in [-0.2, -0.15) is 0 Å². The highest BCUT2D eigenvalue weighted by Crippen LogP contribution is 2.07. The molecule has 0 radical (unpaired) electrons. The average molecular weight is 216 g/mol. The molecule has 2 rings (SSSR count). The second kappa shape index (κ2) is 5.32. The zero-order valence-corrected chi connectivity index (χ0v) is 9.13. The van der Waals surface area contributed by atoms with Crippen LogP contribution in [0.15, 0.2) is 42.9 Å². The van der Waals surface area contributed by atoms with Crippen molar-refractivity contribution < 1.29 is 0 Å². The lowest BCUT2D eigenvalue weighted by Crippen LogP contribution is -2.08. The van der Waals surface area contributed by atoms with Crippen LogP contribution in [0.2, 0.25) is 0 Å². The van der Waals surface area contributed by atoms with Crippen molar-refractivity contribution in [3.8, 4) is 0 Å². The highest BCUT2D eigenvalue weighted by Gasteiger charge is 1.97. The lowest BCUT2D eigenvalue weighted by molar-refractivity contribution is 0.707. The van der Waals surface area contributed by atoms with Gasteiger partial charge in [0, 0.05) is 25.0 Å². The normalized spacial score (nSPS) is 10.3. The molecule has 0 aliphatic carbocycles. The maximum Gasteiger partial charge on any atom is 0.0950 e. The average Bonchev–Trinajstić information content (AvgIpc) is 2.76. The smallest absolute Gasteiger partial charge is 0.0950 e. The molecule has 84 valence electrons. The number of anilines is 1. The van der Waals surface area contributed by atoms with Crippen LogP contribution < -0.4 is 11.1 Å². The topological polar surface area (TPSA) is 55.9 Å². The van der Waals surface area contributed by atoms with E-state index in [1.54, 1.807) is 0 Å². The van der Waals surface area contributed by atoms with Crippen LogP contribution in [0, 0.1) is 0 Å². The van der Waals surface area contributed by atoms with Gasteiger partial charge in [-0.25, -0.2) is 4.98 Å². The van der Waals surface area contributed by atoms with Crippen LogP contribution in [0.3, 0.4) is 0 Å². The standard InChI is InChI=1S/C12H16N4/c13-6-7-16-9-12(15-10-16)8-14-11-4-2-1-3-5-11/h1-5,9-10,14H,6-8,13H2. The van der Waals surface area contributed by atoms with Gasteiger partial charge in [-0.15, -0.1) is 0 Å². The van der Waals surface area contributed by atoms with Crippen molar-refractivity contribution >= 4 is 5.69 Å². The largest absolute Gasteiger partial charge is 0.379 e. The van der Waals surface area contributed by atoms with Crippen LogP contribution in [0.1, 0.15) is 5.69 Å². The summed E-state index contributed by atoms with van der Waals surface area (Å²) in [6, 6.07) is 10.1. The molecule has 0 amide bonds. The Bertz CT molecular complexity index is 422. The second-order valence-electron chi connectivity index (χ2n) is 3.61. The lowest BCUT2D eigenvalue weighted by atomic mass is 10.3. The molecule has 1 aromatic carbocycles. The first-order valence-electron chi connectivity index (χ1n) is 5.38. The Balaban J connectivity index is 1.89. The van der Waals surface area contributed by atoms with Gasteiger partial charge in [0.15, 0.2) is 0 Å². The molecule has 1 aromatic heterocycles. The van der Waals surface area contributed by atoms with Gasteiger partial charge in [0.05, 0.1) is 18.6 Å². The molecule has 0 bridgehead atoms. The second-order valence-corrected chi connectivity index (χ2v) is 3.61. The number of imidazole rings is 1. The van der Waals surface area contributed by atoms with Crippen LogP contribution in [0.5, 0.6) is 0 Å². The maximum absolute atomic E-state index is 5.47. The van der Waals surface area contributed by atoms with Gasteiger partial charge in [0.1, 0.15) is 0 Å². The molecule has 0 saturated carbocycles. The lowest BCUT2D eigenvalue weighted by Gasteiger charge is -2.03. The van der Waals surface area contributed by atoms with Crippen molar-refractivity contribution in [2.75, 3.05) is 11.9 Å². The number of hydrogen-bond acceptors (Lipinski definition) is 3. The summed E-state index contributed by atoms with van der Waals surface area (Å²) in [6.45, 7) is 2.20. The number of nitrogens with zero attached hydrogens (tertiary/aromatic N) is 2. The van der Waals surface area contributed by atoms with Crippen molar-refractivity contribution in [3.63, 3.8) is 0 Å². The van der Waals surface area contributed by atoms with Crippen molar-refractivity contribution in [2.24, 2.45) is 5.73 Å². The van der Waals surface area contributed by atoms with Crippen molar-refractivity contribution in [1.29, 1.82) is 0 Å². The van der Waals surface area contributed by atoms with Crippen LogP contribution in [-0.4, -0.2) is 16.1 Å². The summed E-state index contributed by atoms with van der Waals surface area (Å²) in [5.74, 6) is 0. The minimum atomic E-state index is 0.641. The molecule has 1 heterocycles. The van der Waals surface area contributed by atoms with Gasteiger partial charge in [-0.05, 0) is 12.1 Å². The highest BCUT2D eigenvalue weighted by molar-refractivity contribution is 5.42. The number of para-hydroxylation sites is 1. The third-order valence-electron chi connectivity index (χ3n) is 2.32. The fraction of sp³-hybridized carbons (Fsp3) is 0.250. The monoisotopic (exact) mass is 216 g/mol. The summed E-state index contributed by atoms with van der Waals surface area (Å²) >= 11 is 0. The fourth-order valence-corrected chi connectivity index (χ4v) is 1.52. The molecule has 0 aliphatic heterocycles. The number of nitrogens with one attached hydrogen (secondary N) is 1. The molecule has 0 atom stereocenters. The third-order valence-corrected chi connectivity index (χ3v) is 2.32. The summed E-state index contributed by atoms with van der Waals surface area (Å²) < 4.78 is 2.00. The van der Waals surface area contributed by atoms with E-state index in [0.717, 1.165) is 24.5 Å². The summed E-state index contributed by atoms with van der Waals surface area (Å²) in [7, 11) is 0. The number of benzene rings is 1. The summed E-state index contributed by atoms with van der Waals surface area (Å²) in [4.78, 5) is 4.29. The van der Waals surface area contributed by atoms with Gasteiger partial charge in [-0.3, -0.25) is 0 Å². The Morgan fingerprint density at radius 1 is 1.25 bits per heavy atom. The van der Waals surface area contributed by atoms with Crippen LogP contribution in [0.4, 0.5) is 5.69 Å². The number of aromatic nitrogens is 2. The summed E-state index contributed by atoms with van der Waals surface area (Å²) in [5.41, 5.74) is 7.60. The Kier molecular flexibility index (Phi) is 3.56. The van der Waals surface area contributed by atoms with Gasteiger partial charge in [-0.1, -0.05) is 18.2 Å². The molecular weight excluding hydrogens is 200 g/mol. The minimum absolute atomic E-state index is 0.641. The Morgan fingerprint density at radius 2 is 2.06 bits per heavy atom. The molecule has 4 nitrogen and oxygen atoms in total. The van der Waals surface area contributed by atoms with Gasteiger partial charge in [0.25, 0.3) is 0 Å². The zero-order chi connectivity index (χ0) is 11.2. The molecular formula is C12H16N4. The molecule has 3 N–H and O–H groups in total. The van der Waals surface area contributed by atoms with Crippen molar-refractivity contribution in [1.82, 2.24) is 9.55 Å². The molecule has 4 heteroatoms. The SMILES string of the molecule is NCCn1cnc(CNc2ccccc2)c1. The van der Waals surface area contributed by atoms with E-state index in [0.29, 0.717) is 6.54 Å². The quantitative estimate of drug-likeness (QED) is 0.795. The summed E-state index contributed by atoms with van der Waals surface area (Å²) in [5, 5.41) is 3.31. The third kappa shape index (κ3) is 2.84. The predicted octanol–water partition coefficient (Wildman–Crippen LogP) is 1.45. The predicted molar refractivity (Wildman–Crippen MR) is 65.1 cm³/mol. The van der Waals surface area contributed by atoms with Crippen LogP contribution in [0.25, 0.3) is 0 Å². The van der Waals surface area contributed by atoms with E-state index in [1.807, 2.05) is 47.4 Å². The van der Waals surface area contributed by atoms with E-state index in [-0.39, 0.29) is 0 Å². The first-order chi connectivity index (χ1) is 7.88. The van der Waals surface area contributed by atoms with Gasteiger partial charge >= 0.3 is 0 Å². The Labute approximate surface area is 95.1 Å². The number of rotatable bonds is 5.